The van der Waals surface area contributed by atoms with Gasteiger partial charge in [0, 0.05) is 30.3 Å². The molecule has 5 bridgehead atoms. The van der Waals surface area contributed by atoms with Crippen LogP contribution in [0.4, 0.5) is 0 Å². The molecule has 6 atom stereocenters. The summed E-state index contributed by atoms with van der Waals surface area (Å²) in [4.78, 5) is 21.0. The van der Waals surface area contributed by atoms with Gasteiger partial charge in [-0.25, -0.2) is 0 Å². The van der Waals surface area contributed by atoms with Gasteiger partial charge < -0.3 is 29.9 Å². The van der Waals surface area contributed by atoms with Gasteiger partial charge in [-0.1, -0.05) is 41.6 Å². The molecular weight excluding hydrogens is 548 g/mol. The summed E-state index contributed by atoms with van der Waals surface area (Å²) in [6, 6.07) is 12.9. The lowest BCUT2D eigenvalue weighted by Crippen LogP contribution is -2.88. The van der Waals surface area contributed by atoms with Crippen molar-refractivity contribution in [3.05, 3.63) is 70.8 Å². The number of piperidine rings is 2. The van der Waals surface area contributed by atoms with Crippen molar-refractivity contribution in [1.29, 1.82) is 0 Å². The third kappa shape index (κ3) is 3.08. The first-order chi connectivity index (χ1) is 20.6. The highest BCUT2D eigenvalue weighted by Gasteiger charge is 2.86. The lowest BCUT2D eigenvalue weighted by molar-refractivity contribution is -0.307. The van der Waals surface area contributed by atoms with Gasteiger partial charge in [-0.05, 0) is 68.9 Å². The first-order valence-electron chi connectivity index (χ1n) is 15.3. The first kappa shape index (κ1) is 25.6. The number of benzene rings is 2. The molecule has 7 aliphatic rings. The average Bonchev–Trinajstić information content (AvgIpc) is 3.54. The quantitative estimate of drug-likeness (QED) is 0.344. The average molecular weight is 583 g/mol. The Balaban J connectivity index is 1.09. The number of fused-ring (bicyclic) bond motifs is 1. The van der Waals surface area contributed by atoms with E-state index in [0.29, 0.717) is 23.9 Å². The second kappa shape index (κ2) is 8.18. The summed E-state index contributed by atoms with van der Waals surface area (Å²) in [5.74, 6) is 0.710. The Morgan fingerprint density at radius 3 is 2.67 bits per heavy atom. The van der Waals surface area contributed by atoms with Crippen molar-refractivity contribution in [1.82, 2.24) is 20.4 Å². The van der Waals surface area contributed by atoms with Gasteiger partial charge in [0.1, 0.15) is 11.3 Å². The van der Waals surface area contributed by atoms with Gasteiger partial charge in [0.05, 0.1) is 16.6 Å². The molecule has 0 radical (unpaired) electrons. The zero-order valence-corrected chi connectivity index (χ0v) is 24.1. The molecule has 2 saturated carbocycles. The summed E-state index contributed by atoms with van der Waals surface area (Å²) in [5.41, 5.74) is -0.319. The van der Waals surface area contributed by atoms with Crippen molar-refractivity contribution in [3.8, 4) is 22.9 Å². The number of hydrogen-bond acceptors (Lipinski definition) is 9. The molecular formula is C33H34N4O6. The van der Waals surface area contributed by atoms with Gasteiger partial charge in [0.15, 0.2) is 17.6 Å². The monoisotopic (exact) mass is 582 g/mol. The number of likely N-dealkylation sites (tertiary alicyclic amines) is 1. The number of phenols is 1. The number of aromatic nitrogens is 2. The van der Waals surface area contributed by atoms with Gasteiger partial charge in [0.25, 0.3) is 11.8 Å². The molecule has 1 aromatic heterocycles. The van der Waals surface area contributed by atoms with Gasteiger partial charge in [0.2, 0.25) is 5.82 Å². The summed E-state index contributed by atoms with van der Waals surface area (Å²) < 4.78 is 12.0. The predicted molar refractivity (Wildman–Crippen MR) is 153 cm³/mol. The molecule has 43 heavy (non-hydrogen) atoms. The zero-order chi connectivity index (χ0) is 29.5. The number of carbonyl (C=O) groups excluding carboxylic acids is 1. The Bertz CT molecular complexity index is 1730. The molecule has 4 N–H and O–H groups in total. The van der Waals surface area contributed by atoms with E-state index in [9.17, 15) is 20.1 Å². The molecule has 10 nitrogen and oxygen atoms in total. The third-order valence-electron chi connectivity index (χ3n) is 11.2. The molecule has 2 unspecified atom stereocenters. The van der Waals surface area contributed by atoms with E-state index in [4.69, 9.17) is 9.26 Å². The maximum absolute atomic E-state index is 14.0. The fourth-order valence-corrected chi connectivity index (χ4v) is 9.25. The molecule has 1 amide bonds. The molecule has 1 saturated heterocycles. The van der Waals surface area contributed by atoms with Crippen LogP contribution in [0.3, 0.4) is 0 Å². The van der Waals surface area contributed by atoms with Gasteiger partial charge in [-0.15, -0.1) is 0 Å². The van der Waals surface area contributed by atoms with E-state index in [0.717, 1.165) is 29.8 Å². The smallest absolute Gasteiger partial charge is 0.252 e. The van der Waals surface area contributed by atoms with E-state index < -0.39 is 28.6 Å². The molecule has 3 heterocycles. The van der Waals surface area contributed by atoms with Crippen molar-refractivity contribution in [2.75, 3.05) is 13.1 Å². The van der Waals surface area contributed by atoms with E-state index >= 15 is 0 Å². The topological polar surface area (TPSA) is 141 Å². The highest BCUT2D eigenvalue weighted by molar-refractivity contribution is 5.95. The third-order valence-corrected chi connectivity index (χ3v) is 11.2. The molecule has 2 aliphatic heterocycles. The summed E-state index contributed by atoms with van der Waals surface area (Å²) in [6.07, 6.45) is 2.34. The Morgan fingerprint density at radius 2 is 1.91 bits per heavy atom. The number of phenolic OH excluding ortho intramolecular Hbond substituents is 1. The Morgan fingerprint density at radius 1 is 1.12 bits per heavy atom. The number of hydrogen-bond donors (Lipinski definition) is 4. The number of ether oxygens (including phenoxy) is 1. The van der Waals surface area contributed by atoms with Crippen LogP contribution in [0.25, 0.3) is 11.4 Å². The summed E-state index contributed by atoms with van der Waals surface area (Å²) in [6.45, 7) is 5.27. The van der Waals surface area contributed by atoms with Crippen LogP contribution >= 0.6 is 0 Å². The summed E-state index contributed by atoms with van der Waals surface area (Å²) in [7, 11) is 0. The lowest BCUT2D eigenvalue weighted by atomic mass is 9.34. The Labute approximate surface area is 248 Å². The van der Waals surface area contributed by atoms with Crippen LogP contribution in [0.15, 0.2) is 58.3 Å². The minimum absolute atomic E-state index is 0.00911. The fourth-order valence-electron chi connectivity index (χ4n) is 9.25. The van der Waals surface area contributed by atoms with E-state index in [1.807, 2.05) is 36.4 Å². The SMILES string of the molecule is CC(C)(NC(=O)C1=C(O)[C@@H]2Oc3c(O)ccc4c3[C@@]23C2CN(CC5CC5)[C@H](C4)[C@]3(O)C2C1)c1nc(-c2ccccc2)no1. The standard InChI is InChI=1S/C33H34N4O6/c1-31(2,30-34-28(36-43-30)17-6-4-3-5-7-17)35-29(40)19-13-20-21-15-37(14-16-8-9-16)23-12-18-10-11-22(38)26-24(18)32(21,33(20,23)41)27(42-26)25(19)39/h3-7,10-11,16,20-21,23,27,38-39,41H,8-9,12-15H2,1-2H3,(H,35,40)/t20?,21?,23-,27+,32+,33-/m1/s1. The van der Waals surface area contributed by atoms with Gasteiger partial charge in [-0.3, -0.25) is 9.69 Å². The number of aliphatic hydroxyl groups is 2. The number of nitrogens with one attached hydrogen (secondary N) is 1. The van der Waals surface area contributed by atoms with Crippen molar-refractivity contribution < 1.29 is 29.4 Å². The van der Waals surface area contributed by atoms with Crippen LogP contribution in [-0.4, -0.2) is 67.1 Å². The fraction of sp³-hybridized carbons (Fsp3) is 0.485. The molecule has 1 spiro atoms. The Kier molecular flexibility index (Phi) is 4.87. The number of amides is 1. The number of nitrogens with zero attached hydrogens (tertiary/aromatic N) is 3. The van der Waals surface area contributed by atoms with Crippen molar-refractivity contribution in [2.24, 2.45) is 17.8 Å². The van der Waals surface area contributed by atoms with E-state index in [2.05, 4.69) is 20.4 Å². The summed E-state index contributed by atoms with van der Waals surface area (Å²) in [5, 5.41) is 42.7. The summed E-state index contributed by atoms with van der Waals surface area (Å²) >= 11 is 0. The highest BCUT2D eigenvalue weighted by atomic mass is 16.5. The van der Waals surface area contributed by atoms with Crippen LogP contribution < -0.4 is 10.1 Å². The van der Waals surface area contributed by atoms with Crippen LogP contribution in [0.1, 0.15) is 50.1 Å². The molecule has 10 rings (SSSR count). The number of carbonyl (C=O) groups is 1. The second-order valence-electron chi connectivity index (χ2n) is 13.9. The van der Waals surface area contributed by atoms with E-state index in [1.54, 1.807) is 19.9 Å². The molecule has 2 aromatic carbocycles. The lowest BCUT2D eigenvalue weighted by Gasteiger charge is -2.75. The van der Waals surface area contributed by atoms with Crippen molar-refractivity contribution >= 4 is 5.91 Å². The minimum atomic E-state index is -1.20. The largest absolute Gasteiger partial charge is 0.508 e. The maximum Gasteiger partial charge on any atom is 0.252 e. The van der Waals surface area contributed by atoms with Crippen molar-refractivity contribution in [3.63, 3.8) is 0 Å². The highest BCUT2D eigenvalue weighted by Crippen LogP contribution is 2.76. The normalized spacial score (nSPS) is 33.5. The van der Waals surface area contributed by atoms with Gasteiger partial charge in [-0.2, -0.15) is 4.98 Å². The maximum atomic E-state index is 14.0. The molecule has 3 aromatic rings. The van der Waals surface area contributed by atoms with Crippen LogP contribution in [0.2, 0.25) is 0 Å². The molecule has 10 heteroatoms. The van der Waals surface area contributed by atoms with Crippen LogP contribution in [0, 0.1) is 17.8 Å². The molecule has 3 fully saturated rings. The first-order valence-corrected chi connectivity index (χ1v) is 15.3. The number of aromatic hydroxyl groups is 1. The van der Waals surface area contributed by atoms with Crippen LogP contribution in [0.5, 0.6) is 11.5 Å². The van der Waals surface area contributed by atoms with Crippen LogP contribution in [-0.2, 0) is 22.2 Å². The number of rotatable bonds is 6. The molecule has 222 valence electrons. The molecule has 5 aliphatic carbocycles. The van der Waals surface area contributed by atoms with Gasteiger partial charge >= 0.3 is 0 Å². The van der Waals surface area contributed by atoms with Crippen molar-refractivity contribution in [2.45, 2.75) is 68.2 Å². The minimum Gasteiger partial charge on any atom is -0.508 e. The second-order valence-corrected chi connectivity index (χ2v) is 13.9. The predicted octanol–water partition coefficient (Wildman–Crippen LogP) is 3.34. The Hall–Kier alpha value is -3.89. The van der Waals surface area contributed by atoms with E-state index in [1.165, 1.54) is 12.8 Å². The zero-order valence-electron chi connectivity index (χ0n) is 24.1. The van der Waals surface area contributed by atoms with E-state index in [-0.39, 0.29) is 47.3 Å². The number of aliphatic hydroxyl groups excluding tert-OH is 1.